The zero-order valence-corrected chi connectivity index (χ0v) is 13.3. The Kier molecular flexibility index (Phi) is 5.49. The lowest BCUT2D eigenvalue weighted by Crippen LogP contribution is -2.05. The SMILES string of the molecule is O=C(CSc1ccc(Br)cc1)Cc1ccc(Cl)cc1. The van der Waals surface area contributed by atoms with Gasteiger partial charge in [0.2, 0.25) is 0 Å². The van der Waals surface area contributed by atoms with Gasteiger partial charge in [0.25, 0.3) is 0 Å². The van der Waals surface area contributed by atoms with E-state index in [1.165, 1.54) is 0 Å². The van der Waals surface area contributed by atoms with Crippen molar-refractivity contribution in [2.24, 2.45) is 0 Å². The van der Waals surface area contributed by atoms with Crippen molar-refractivity contribution < 1.29 is 4.79 Å². The van der Waals surface area contributed by atoms with Crippen molar-refractivity contribution in [2.45, 2.75) is 11.3 Å². The fraction of sp³-hybridized carbons (Fsp3) is 0.133. The van der Waals surface area contributed by atoms with Gasteiger partial charge in [0, 0.05) is 20.8 Å². The maximum Gasteiger partial charge on any atom is 0.147 e. The fourth-order valence-electron chi connectivity index (χ4n) is 1.58. The Morgan fingerprint density at radius 2 is 1.68 bits per heavy atom. The smallest absolute Gasteiger partial charge is 0.147 e. The molecule has 2 rings (SSSR count). The first-order chi connectivity index (χ1) is 9.13. The van der Waals surface area contributed by atoms with Gasteiger partial charge in [-0.05, 0) is 42.0 Å². The van der Waals surface area contributed by atoms with Crippen LogP contribution in [0.5, 0.6) is 0 Å². The van der Waals surface area contributed by atoms with Crippen LogP contribution in [0.15, 0.2) is 57.9 Å². The molecule has 2 aromatic rings. The Balaban J connectivity index is 1.84. The van der Waals surface area contributed by atoms with Gasteiger partial charge < -0.3 is 0 Å². The van der Waals surface area contributed by atoms with Crippen LogP contribution in [0.25, 0.3) is 0 Å². The molecule has 2 aromatic carbocycles. The molecular weight excluding hydrogens is 344 g/mol. The Labute approximate surface area is 130 Å². The van der Waals surface area contributed by atoms with E-state index in [0.29, 0.717) is 17.2 Å². The number of thioether (sulfide) groups is 1. The number of rotatable bonds is 5. The van der Waals surface area contributed by atoms with E-state index in [9.17, 15) is 4.79 Å². The highest BCUT2D eigenvalue weighted by atomic mass is 79.9. The summed E-state index contributed by atoms with van der Waals surface area (Å²) in [6, 6.07) is 15.4. The van der Waals surface area contributed by atoms with Crippen LogP contribution < -0.4 is 0 Å². The number of benzene rings is 2. The van der Waals surface area contributed by atoms with Gasteiger partial charge in [0.1, 0.15) is 5.78 Å². The average molecular weight is 356 g/mol. The lowest BCUT2D eigenvalue weighted by atomic mass is 10.1. The summed E-state index contributed by atoms with van der Waals surface area (Å²) in [4.78, 5) is 13.0. The number of hydrogen-bond donors (Lipinski definition) is 0. The second-order valence-electron chi connectivity index (χ2n) is 4.08. The first kappa shape index (κ1) is 14.6. The van der Waals surface area contributed by atoms with E-state index in [4.69, 9.17) is 11.6 Å². The Hall–Kier alpha value is -0.770. The zero-order chi connectivity index (χ0) is 13.7. The summed E-state index contributed by atoms with van der Waals surface area (Å²) < 4.78 is 1.05. The Morgan fingerprint density at radius 3 is 2.32 bits per heavy atom. The molecule has 0 unspecified atom stereocenters. The molecule has 0 heterocycles. The van der Waals surface area contributed by atoms with E-state index in [0.717, 1.165) is 14.9 Å². The van der Waals surface area contributed by atoms with Crippen molar-refractivity contribution in [3.8, 4) is 0 Å². The molecule has 0 aromatic heterocycles. The summed E-state index contributed by atoms with van der Waals surface area (Å²) in [5, 5.41) is 0.695. The van der Waals surface area contributed by atoms with Gasteiger partial charge in [-0.25, -0.2) is 0 Å². The number of carbonyl (C=O) groups is 1. The number of ketones is 1. The predicted molar refractivity (Wildman–Crippen MR) is 85.0 cm³/mol. The van der Waals surface area contributed by atoms with Gasteiger partial charge in [0.05, 0.1) is 5.75 Å². The van der Waals surface area contributed by atoms with Gasteiger partial charge >= 0.3 is 0 Å². The third-order valence-electron chi connectivity index (χ3n) is 2.53. The van der Waals surface area contributed by atoms with Crippen LogP contribution in [-0.4, -0.2) is 11.5 Å². The summed E-state index contributed by atoms with van der Waals surface area (Å²) in [6.07, 6.45) is 0.459. The van der Waals surface area contributed by atoms with Crippen LogP contribution in [0.2, 0.25) is 5.02 Å². The van der Waals surface area contributed by atoms with Gasteiger partial charge in [-0.2, -0.15) is 0 Å². The molecule has 0 aliphatic carbocycles. The molecular formula is C15H12BrClOS. The normalized spacial score (nSPS) is 10.4. The first-order valence-corrected chi connectivity index (χ1v) is 7.93. The molecule has 1 nitrogen and oxygen atoms in total. The monoisotopic (exact) mass is 354 g/mol. The quantitative estimate of drug-likeness (QED) is 0.702. The minimum absolute atomic E-state index is 0.218. The number of carbonyl (C=O) groups excluding carboxylic acids is 1. The zero-order valence-electron chi connectivity index (χ0n) is 10.1. The minimum Gasteiger partial charge on any atom is -0.298 e. The van der Waals surface area contributed by atoms with Gasteiger partial charge in [0.15, 0.2) is 0 Å². The maximum atomic E-state index is 11.9. The third-order valence-corrected chi connectivity index (χ3v) is 4.38. The summed E-state index contributed by atoms with van der Waals surface area (Å²) in [7, 11) is 0. The summed E-state index contributed by atoms with van der Waals surface area (Å²) in [5.41, 5.74) is 1.01. The van der Waals surface area contributed by atoms with Crippen LogP contribution in [0.3, 0.4) is 0 Å². The van der Waals surface area contributed by atoms with Gasteiger partial charge in [-0.3, -0.25) is 4.79 Å². The number of Topliss-reactive ketones (excluding diaryl/α,β-unsaturated/α-hetero) is 1. The van der Waals surface area contributed by atoms with Gasteiger partial charge in [-0.1, -0.05) is 39.7 Å². The van der Waals surface area contributed by atoms with Gasteiger partial charge in [-0.15, -0.1) is 11.8 Å². The topological polar surface area (TPSA) is 17.1 Å². The predicted octanol–water partition coefficient (Wildman–Crippen LogP) is 5.01. The van der Waals surface area contributed by atoms with Crippen LogP contribution in [0, 0.1) is 0 Å². The maximum absolute atomic E-state index is 11.9. The molecule has 0 saturated carbocycles. The molecule has 0 fully saturated rings. The van der Waals surface area contributed by atoms with Crippen molar-refractivity contribution in [2.75, 3.05) is 5.75 Å². The largest absolute Gasteiger partial charge is 0.298 e. The molecule has 4 heteroatoms. The Bertz CT molecular complexity index is 551. The second kappa shape index (κ2) is 7.13. The molecule has 0 aliphatic heterocycles. The van der Waals surface area contributed by atoms with Crippen molar-refractivity contribution in [1.29, 1.82) is 0 Å². The van der Waals surface area contributed by atoms with E-state index in [-0.39, 0.29) is 5.78 Å². The number of hydrogen-bond acceptors (Lipinski definition) is 2. The van der Waals surface area contributed by atoms with Crippen molar-refractivity contribution >= 4 is 45.1 Å². The minimum atomic E-state index is 0.218. The molecule has 0 spiro atoms. The van der Waals surface area contributed by atoms with Crippen molar-refractivity contribution in [3.05, 3.63) is 63.6 Å². The van der Waals surface area contributed by atoms with E-state index in [1.807, 2.05) is 48.5 Å². The summed E-state index contributed by atoms with van der Waals surface area (Å²) in [5.74, 6) is 0.708. The number of halogens is 2. The highest BCUT2D eigenvalue weighted by molar-refractivity contribution is 9.10. The van der Waals surface area contributed by atoms with Crippen molar-refractivity contribution in [3.63, 3.8) is 0 Å². The molecule has 0 atom stereocenters. The van der Waals surface area contributed by atoms with E-state index in [2.05, 4.69) is 15.9 Å². The second-order valence-corrected chi connectivity index (χ2v) is 6.49. The van der Waals surface area contributed by atoms with E-state index < -0.39 is 0 Å². The molecule has 0 N–H and O–H groups in total. The highest BCUT2D eigenvalue weighted by Crippen LogP contribution is 2.21. The third kappa shape index (κ3) is 5.01. The van der Waals surface area contributed by atoms with Crippen LogP contribution in [0.1, 0.15) is 5.56 Å². The standard InChI is InChI=1S/C15H12BrClOS/c16-12-3-7-15(8-4-12)19-10-14(18)9-11-1-5-13(17)6-2-11/h1-8H,9-10H2. The summed E-state index contributed by atoms with van der Waals surface area (Å²) >= 11 is 10.8. The molecule has 19 heavy (non-hydrogen) atoms. The molecule has 0 aliphatic rings. The lowest BCUT2D eigenvalue weighted by molar-refractivity contribution is -0.116. The lowest BCUT2D eigenvalue weighted by Gasteiger charge is -2.02. The first-order valence-electron chi connectivity index (χ1n) is 5.78. The highest BCUT2D eigenvalue weighted by Gasteiger charge is 2.05. The van der Waals surface area contributed by atoms with Crippen LogP contribution in [-0.2, 0) is 11.2 Å². The van der Waals surface area contributed by atoms with E-state index >= 15 is 0 Å². The van der Waals surface area contributed by atoms with Crippen LogP contribution >= 0.6 is 39.3 Å². The molecule has 0 saturated heterocycles. The molecule has 0 radical (unpaired) electrons. The molecule has 98 valence electrons. The van der Waals surface area contributed by atoms with Crippen LogP contribution in [0.4, 0.5) is 0 Å². The fourth-order valence-corrected chi connectivity index (χ4v) is 2.72. The van der Waals surface area contributed by atoms with E-state index in [1.54, 1.807) is 11.8 Å². The molecule has 0 bridgehead atoms. The summed E-state index contributed by atoms with van der Waals surface area (Å²) in [6.45, 7) is 0. The molecule has 0 amide bonds. The average Bonchev–Trinajstić information content (AvgIpc) is 2.41. The Morgan fingerprint density at radius 1 is 1.05 bits per heavy atom. The van der Waals surface area contributed by atoms with Crippen molar-refractivity contribution in [1.82, 2.24) is 0 Å².